The minimum atomic E-state index is 0.407. The van der Waals surface area contributed by atoms with Gasteiger partial charge in [-0.2, -0.15) is 0 Å². The molecule has 96 valence electrons. The highest BCUT2D eigenvalue weighted by molar-refractivity contribution is 5.91. The molecular weight excluding hydrogens is 224 g/mol. The van der Waals surface area contributed by atoms with Gasteiger partial charge in [-0.1, -0.05) is 6.92 Å². The number of nitrogens with two attached hydrogens (primary N) is 1. The minimum absolute atomic E-state index is 0.407. The van der Waals surface area contributed by atoms with E-state index in [1.165, 1.54) is 0 Å². The monoisotopic (exact) mass is 244 g/mol. The summed E-state index contributed by atoms with van der Waals surface area (Å²) in [5.41, 5.74) is 7.56. The number of hydrogen-bond donors (Lipinski definition) is 1. The van der Waals surface area contributed by atoms with Gasteiger partial charge in [-0.15, -0.1) is 0 Å². The first-order valence-electron chi connectivity index (χ1n) is 6.40. The van der Waals surface area contributed by atoms with Gasteiger partial charge in [-0.05, 0) is 38.5 Å². The van der Waals surface area contributed by atoms with E-state index in [9.17, 15) is 0 Å². The molecule has 4 heteroatoms. The molecule has 1 aromatic carbocycles. The van der Waals surface area contributed by atoms with Gasteiger partial charge >= 0.3 is 0 Å². The first-order valence-corrected chi connectivity index (χ1v) is 6.40. The average molecular weight is 244 g/mol. The van der Waals surface area contributed by atoms with Crippen LogP contribution in [0.15, 0.2) is 24.5 Å². The van der Waals surface area contributed by atoms with Crippen molar-refractivity contribution in [3.63, 3.8) is 0 Å². The summed E-state index contributed by atoms with van der Waals surface area (Å²) in [5.74, 6) is 0.976. The van der Waals surface area contributed by atoms with Gasteiger partial charge in [0.05, 0.1) is 5.52 Å². The highest BCUT2D eigenvalue weighted by Crippen LogP contribution is 2.26. The normalized spacial score (nSPS) is 11.1. The average Bonchev–Trinajstić information content (AvgIpc) is 2.35. The molecule has 0 atom stereocenters. The summed E-state index contributed by atoms with van der Waals surface area (Å²) in [6, 6.07) is 6.18. The molecule has 0 radical (unpaired) electrons. The summed E-state index contributed by atoms with van der Waals surface area (Å²) in [5, 5.41) is 1.03. The molecule has 0 fully saturated rings. The summed E-state index contributed by atoms with van der Waals surface area (Å²) in [4.78, 5) is 11.0. The number of benzene rings is 1. The van der Waals surface area contributed by atoms with Crippen LogP contribution in [-0.4, -0.2) is 22.6 Å². The molecule has 1 heterocycles. The zero-order valence-corrected chi connectivity index (χ0v) is 11.2. The van der Waals surface area contributed by atoms with Gasteiger partial charge in [0.1, 0.15) is 12.1 Å². The van der Waals surface area contributed by atoms with Crippen LogP contribution in [0.2, 0.25) is 0 Å². The molecule has 0 aliphatic rings. The number of aromatic nitrogens is 2. The standard InChI is InChI=1S/C14H20N4/c1-4-7-18(10(2)3)14-12-8-11(15)5-6-13(12)16-9-17-14/h5-6,8-10H,4,7,15H2,1-3H3. The second kappa shape index (κ2) is 5.21. The van der Waals surface area contributed by atoms with Crippen molar-refractivity contribution in [1.82, 2.24) is 9.97 Å². The summed E-state index contributed by atoms with van der Waals surface area (Å²) < 4.78 is 0. The fourth-order valence-electron chi connectivity index (χ4n) is 2.14. The van der Waals surface area contributed by atoms with E-state index >= 15 is 0 Å². The first-order chi connectivity index (χ1) is 8.63. The van der Waals surface area contributed by atoms with Crippen molar-refractivity contribution in [2.24, 2.45) is 0 Å². The quantitative estimate of drug-likeness (QED) is 0.840. The Morgan fingerprint density at radius 1 is 1.28 bits per heavy atom. The van der Waals surface area contributed by atoms with E-state index in [1.807, 2.05) is 18.2 Å². The molecule has 4 nitrogen and oxygen atoms in total. The van der Waals surface area contributed by atoms with Crippen molar-refractivity contribution in [2.45, 2.75) is 33.2 Å². The van der Waals surface area contributed by atoms with Crippen LogP contribution >= 0.6 is 0 Å². The van der Waals surface area contributed by atoms with Crippen molar-refractivity contribution in [2.75, 3.05) is 17.2 Å². The minimum Gasteiger partial charge on any atom is -0.399 e. The lowest BCUT2D eigenvalue weighted by atomic mass is 10.2. The molecule has 0 bridgehead atoms. The Labute approximate surface area is 108 Å². The highest BCUT2D eigenvalue weighted by atomic mass is 15.2. The Hall–Kier alpha value is -1.84. The van der Waals surface area contributed by atoms with Crippen molar-refractivity contribution in [3.8, 4) is 0 Å². The van der Waals surface area contributed by atoms with Crippen molar-refractivity contribution in [3.05, 3.63) is 24.5 Å². The summed E-state index contributed by atoms with van der Waals surface area (Å²) in [7, 11) is 0. The third kappa shape index (κ3) is 2.37. The Morgan fingerprint density at radius 2 is 2.06 bits per heavy atom. The largest absolute Gasteiger partial charge is 0.399 e. The highest BCUT2D eigenvalue weighted by Gasteiger charge is 2.14. The predicted molar refractivity (Wildman–Crippen MR) is 76.7 cm³/mol. The zero-order chi connectivity index (χ0) is 13.1. The molecule has 0 unspecified atom stereocenters. The van der Waals surface area contributed by atoms with E-state index in [-0.39, 0.29) is 0 Å². The summed E-state index contributed by atoms with van der Waals surface area (Å²) in [6.45, 7) is 7.51. The van der Waals surface area contributed by atoms with Crippen molar-refractivity contribution >= 4 is 22.4 Å². The van der Waals surface area contributed by atoms with Gasteiger partial charge in [0.25, 0.3) is 0 Å². The molecule has 2 N–H and O–H groups in total. The Bertz CT molecular complexity index is 536. The number of nitrogen functional groups attached to an aromatic ring is 1. The fourth-order valence-corrected chi connectivity index (χ4v) is 2.14. The van der Waals surface area contributed by atoms with Crippen LogP contribution in [0, 0.1) is 0 Å². The molecule has 0 spiro atoms. The van der Waals surface area contributed by atoms with Crippen LogP contribution in [-0.2, 0) is 0 Å². The van der Waals surface area contributed by atoms with Crippen molar-refractivity contribution < 1.29 is 0 Å². The molecule has 0 aliphatic carbocycles. The van der Waals surface area contributed by atoms with E-state index in [2.05, 4.69) is 35.6 Å². The van der Waals surface area contributed by atoms with Crippen LogP contribution in [0.1, 0.15) is 27.2 Å². The molecule has 1 aromatic heterocycles. The molecule has 2 rings (SSSR count). The Kier molecular flexibility index (Phi) is 3.65. The number of fused-ring (bicyclic) bond motifs is 1. The van der Waals surface area contributed by atoms with Gasteiger partial charge < -0.3 is 10.6 Å². The molecule has 2 aromatic rings. The molecule has 18 heavy (non-hydrogen) atoms. The van der Waals surface area contributed by atoms with E-state index in [1.54, 1.807) is 6.33 Å². The van der Waals surface area contributed by atoms with Crippen LogP contribution < -0.4 is 10.6 Å². The molecule has 0 saturated heterocycles. The molecule has 0 amide bonds. The van der Waals surface area contributed by atoms with Gasteiger partial charge in [0, 0.05) is 23.7 Å². The number of anilines is 2. The zero-order valence-electron chi connectivity index (χ0n) is 11.2. The van der Waals surface area contributed by atoms with E-state index in [0.717, 1.165) is 35.4 Å². The molecular formula is C14H20N4. The lowest BCUT2D eigenvalue weighted by Gasteiger charge is -2.28. The molecule has 0 aliphatic heterocycles. The number of hydrogen-bond acceptors (Lipinski definition) is 4. The molecule has 0 saturated carbocycles. The summed E-state index contributed by atoms with van der Waals surface area (Å²) in [6.07, 6.45) is 2.71. The Balaban J connectivity index is 2.57. The van der Waals surface area contributed by atoms with Gasteiger partial charge in [-0.3, -0.25) is 0 Å². The van der Waals surface area contributed by atoms with Crippen LogP contribution in [0.25, 0.3) is 10.9 Å². The smallest absolute Gasteiger partial charge is 0.140 e. The van der Waals surface area contributed by atoms with Crippen LogP contribution in [0.3, 0.4) is 0 Å². The SMILES string of the molecule is CCCN(c1ncnc2ccc(N)cc12)C(C)C. The second-order valence-corrected chi connectivity index (χ2v) is 4.76. The lowest BCUT2D eigenvalue weighted by molar-refractivity contribution is 0.664. The first kappa shape index (κ1) is 12.6. The lowest BCUT2D eigenvalue weighted by Crippen LogP contribution is -2.32. The maximum atomic E-state index is 5.87. The third-order valence-corrected chi connectivity index (χ3v) is 3.00. The Morgan fingerprint density at radius 3 is 2.72 bits per heavy atom. The van der Waals surface area contributed by atoms with Gasteiger partial charge in [0.2, 0.25) is 0 Å². The second-order valence-electron chi connectivity index (χ2n) is 4.76. The maximum absolute atomic E-state index is 5.87. The van der Waals surface area contributed by atoms with Crippen molar-refractivity contribution in [1.29, 1.82) is 0 Å². The van der Waals surface area contributed by atoms with Crippen LogP contribution in [0.4, 0.5) is 11.5 Å². The van der Waals surface area contributed by atoms with E-state index in [0.29, 0.717) is 6.04 Å². The maximum Gasteiger partial charge on any atom is 0.140 e. The van der Waals surface area contributed by atoms with Gasteiger partial charge in [0.15, 0.2) is 0 Å². The van der Waals surface area contributed by atoms with Gasteiger partial charge in [-0.25, -0.2) is 9.97 Å². The van der Waals surface area contributed by atoms with E-state index in [4.69, 9.17) is 5.73 Å². The third-order valence-electron chi connectivity index (χ3n) is 3.00. The number of nitrogens with zero attached hydrogens (tertiary/aromatic N) is 3. The summed E-state index contributed by atoms with van der Waals surface area (Å²) >= 11 is 0. The topological polar surface area (TPSA) is 55.0 Å². The predicted octanol–water partition coefficient (Wildman–Crippen LogP) is 2.84. The number of rotatable bonds is 4. The van der Waals surface area contributed by atoms with Crippen LogP contribution in [0.5, 0.6) is 0 Å². The fraction of sp³-hybridized carbons (Fsp3) is 0.429. The van der Waals surface area contributed by atoms with E-state index < -0.39 is 0 Å².